The first-order valence-electron chi connectivity index (χ1n) is 4.82. The van der Waals surface area contributed by atoms with Crippen LogP contribution in [0, 0.1) is 0 Å². The highest BCUT2D eigenvalue weighted by Crippen LogP contribution is 2.21. The summed E-state index contributed by atoms with van der Waals surface area (Å²) >= 11 is 5.84. The molecule has 1 rings (SSSR count). The summed E-state index contributed by atoms with van der Waals surface area (Å²) in [7, 11) is 4.50. The number of anilines is 1. The van der Waals surface area contributed by atoms with Gasteiger partial charge in [-0.25, -0.2) is 9.59 Å². The Morgan fingerprint density at radius 3 is 2.53 bits per heavy atom. The van der Waals surface area contributed by atoms with E-state index >= 15 is 0 Å². The van der Waals surface area contributed by atoms with Crippen LogP contribution >= 0.6 is 11.6 Å². The van der Waals surface area contributed by atoms with Gasteiger partial charge in [0.1, 0.15) is 0 Å². The number of hydrogen-bond donors (Lipinski definition) is 1. The minimum absolute atomic E-state index is 0.214. The fourth-order valence-electron chi connectivity index (χ4n) is 1.10. The maximum atomic E-state index is 11.4. The third kappa shape index (κ3) is 3.35. The van der Waals surface area contributed by atoms with Crippen molar-refractivity contribution in [1.29, 1.82) is 0 Å². The summed E-state index contributed by atoms with van der Waals surface area (Å²) in [6.45, 7) is 0. The largest absolute Gasteiger partial charge is 0.465 e. The fourth-order valence-corrected chi connectivity index (χ4v) is 1.30. The number of benzene rings is 1. The molecule has 6 heteroatoms. The Hall–Kier alpha value is -1.75. The molecule has 0 fully saturated rings. The summed E-state index contributed by atoms with van der Waals surface area (Å²) in [5.41, 5.74) is 0.694. The molecule has 1 N–H and O–H groups in total. The monoisotopic (exact) mass is 256 g/mol. The van der Waals surface area contributed by atoms with Crippen LogP contribution in [-0.2, 0) is 4.74 Å². The number of hydrogen-bond acceptors (Lipinski definition) is 3. The lowest BCUT2D eigenvalue weighted by Crippen LogP contribution is -2.27. The number of amides is 2. The third-order valence-electron chi connectivity index (χ3n) is 2.03. The molecule has 0 bridgehead atoms. The van der Waals surface area contributed by atoms with Crippen LogP contribution in [-0.4, -0.2) is 38.1 Å². The van der Waals surface area contributed by atoms with Crippen molar-refractivity contribution in [1.82, 2.24) is 4.90 Å². The van der Waals surface area contributed by atoms with E-state index in [1.54, 1.807) is 20.2 Å². The van der Waals surface area contributed by atoms with E-state index in [4.69, 9.17) is 11.6 Å². The highest BCUT2D eigenvalue weighted by atomic mass is 35.5. The van der Waals surface area contributed by atoms with E-state index in [0.717, 1.165) is 0 Å². The second-order valence-corrected chi connectivity index (χ2v) is 3.92. The smallest absolute Gasteiger partial charge is 0.339 e. The van der Waals surface area contributed by atoms with Gasteiger partial charge in [0.15, 0.2) is 0 Å². The number of rotatable bonds is 2. The zero-order chi connectivity index (χ0) is 13.0. The van der Waals surface area contributed by atoms with Crippen molar-refractivity contribution in [3.63, 3.8) is 0 Å². The molecular weight excluding hydrogens is 244 g/mol. The van der Waals surface area contributed by atoms with Gasteiger partial charge in [-0.3, -0.25) is 0 Å². The lowest BCUT2D eigenvalue weighted by molar-refractivity contribution is 0.0601. The number of carbonyl (C=O) groups excluding carboxylic acids is 2. The number of nitrogens with zero attached hydrogens (tertiary/aromatic N) is 1. The van der Waals surface area contributed by atoms with Crippen LogP contribution in [0.3, 0.4) is 0 Å². The van der Waals surface area contributed by atoms with Crippen molar-refractivity contribution in [3.8, 4) is 0 Å². The lowest BCUT2D eigenvalue weighted by atomic mass is 10.2. The van der Waals surface area contributed by atoms with E-state index in [1.807, 2.05) is 0 Å². The van der Waals surface area contributed by atoms with E-state index < -0.39 is 5.97 Å². The van der Waals surface area contributed by atoms with Crippen LogP contribution in [0.25, 0.3) is 0 Å². The predicted octanol–water partition coefficient (Wildman–Crippen LogP) is 2.22. The highest BCUT2D eigenvalue weighted by Gasteiger charge is 2.12. The van der Waals surface area contributed by atoms with E-state index in [9.17, 15) is 9.59 Å². The van der Waals surface area contributed by atoms with Crippen molar-refractivity contribution < 1.29 is 14.3 Å². The van der Waals surface area contributed by atoms with Crippen LogP contribution in [0.1, 0.15) is 10.4 Å². The van der Waals surface area contributed by atoms with E-state index in [1.165, 1.54) is 24.1 Å². The Morgan fingerprint density at radius 2 is 2.00 bits per heavy atom. The molecule has 0 spiro atoms. The third-order valence-corrected chi connectivity index (χ3v) is 2.36. The van der Waals surface area contributed by atoms with Crippen LogP contribution in [0.4, 0.5) is 10.5 Å². The topological polar surface area (TPSA) is 58.6 Å². The molecule has 0 aliphatic rings. The molecule has 1 aromatic rings. The molecule has 0 unspecified atom stereocenters. The number of nitrogens with one attached hydrogen (secondary N) is 1. The number of ether oxygens (including phenoxy) is 1. The molecule has 0 aliphatic carbocycles. The van der Waals surface area contributed by atoms with Crippen molar-refractivity contribution in [3.05, 3.63) is 28.8 Å². The van der Waals surface area contributed by atoms with Gasteiger partial charge >= 0.3 is 12.0 Å². The van der Waals surface area contributed by atoms with Gasteiger partial charge in [-0.1, -0.05) is 11.6 Å². The molecule has 0 atom stereocenters. The minimum atomic E-state index is -0.545. The Balaban J connectivity index is 2.97. The Bertz CT molecular complexity index is 446. The molecular formula is C11H13ClN2O3. The lowest BCUT2D eigenvalue weighted by Gasteiger charge is -2.12. The van der Waals surface area contributed by atoms with Crippen molar-refractivity contribution in [2.24, 2.45) is 0 Å². The van der Waals surface area contributed by atoms with Crippen LogP contribution in [0.2, 0.25) is 5.02 Å². The van der Waals surface area contributed by atoms with Crippen molar-refractivity contribution in [2.75, 3.05) is 26.5 Å². The Kier molecular flexibility index (Phi) is 4.34. The molecule has 2 amide bonds. The normalized spacial score (nSPS) is 9.65. The molecule has 0 radical (unpaired) electrons. The van der Waals surface area contributed by atoms with Gasteiger partial charge in [0.05, 0.1) is 17.7 Å². The van der Waals surface area contributed by atoms with Gasteiger partial charge in [0, 0.05) is 19.8 Å². The Morgan fingerprint density at radius 1 is 1.35 bits per heavy atom. The summed E-state index contributed by atoms with van der Waals surface area (Å²) in [4.78, 5) is 24.2. The van der Waals surface area contributed by atoms with Gasteiger partial charge in [-0.2, -0.15) is 0 Å². The number of carbonyl (C=O) groups is 2. The minimum Gasteiger partial charge on any atom is -0.465 e. The van der Waals surface area contributed by atoms with Crippen molar-refractivity contribution >= 4 is 29.3 Å². The van der Waals surface area contributed by atoms with Crippen molar-refractivity contribution in [2.45, 2.75) is 0 Å². The summed E-state index contributed by atoms with van der Waals surface area (Å²) < 4.78 is 4.58. The van der Waals surface area contributed by atoms with E-state index in [-0.39, 0.29) is 16.6 Å². The number of urea groups is 1. The quantitative estimate of drug-likeness (QED) is 0.826. The number of halogens is 1. The first kappa shape index (κ1) is 13.3. The van der Waals surface area contributed by atoms with E-state index in [2.05, 4.69) is 10.1 Å². The SMILES string of the molecule is COC(=O)c1cc(NC(=O)N(C)C)ccc1Cl. The second-order valence-electron chi connectivity index (χ2n) is 3.51. The molecule has 0 heterocycles. The van der Waals surface area contributed by atoms with Gasteiger partial charge in [-0.15, -0.1) is 0 Å². The molecule has 0 saturated heterocycles. The van der Waals surface area contributed by atoms with Gasteiger partial charge in [-0.05, 0) is 18.2 Å². The van der Waals surface area contributed by atoms with Gasteiger partial charge < -0.3 is 15.0 Å². The van der Waals surface area contributed by atoms with E-state index in [0.29, 0.717) is 5.69 Å². The second kappa shape index (κ2) is 5.54. The number of esters is 1. The average Bonchev–Trinajstić information content (AvgIpc) is 2.30. The summed E-state index contributed by atoms with van der Waals surface area (Å²) in [5, 5.41) is 2.89. The molecule has 5 nitrogen and oxygen atoms in total. The fraction of sp³-hybridized carbons (Fsp3) is 0.273. The van der Waals surface area contributed by atoms with Gasteiger partial charge in [0.2, 0.25) is 0 Å². The first-order chi connectivity index (χ1) is 7.95. The molecule has 0 aromatic heterocycles. The Labute approximate surface area is 104 Å². The molecule has 1 aromatic carbocycles. The molecule has 0 aliphatic heterocycles. The van der Waals surface area contributed by atoms with Crippen LogP contribution < -0.4 is 5.32 Å². The van der Waals surface area contributed by atoms with Gasteiger partial charge in [0.25, 0.3) is 0 Å². The highest BCUT2D eigenvalue weighted by molar-refractivity contribution is 6.33. The summed E-state index contributed by atoms with van der Waals surface area (Å²) in [6, 6.07) is 4.31. The molecule has 17 heavy (non-hydrogen) atoms. The molecule has 0 saturated carbocycles. The maximum absolute atomic E-state index is 11.4. The maximum Gasteiger partial charge on any atom is 0.339 e. The first-order valence-corrected chi connectivity index (χ1v) is 5.19. The summed E-state index contributed by atoms with van der Waals surface area (Å²) in [5.74, 6) is -0.545. The number of methoxy groups -OCH3 is 1. The zero-order valence-electron chi connectivity index (χ0n) is 9.78. The van der Waals surface area contributed by atoms with Crippen LogP contribution in [0.15, 0.2) is 18.2 Å². The molecule has 92 valence electrons. The predicted molar refractivity (Wildman–Crippen MR) is 65.5 cm³/mol. The average molecular weight is 257 g/mol. The summed E-state index contributed by atoms with van der Waals surface area (Å²) in [6.07, 6.45) is 0. The zero-order valence-corrected chi connectivity index (χ0v) is 10.5. The van der Waals surface area contributed by atoms with Crippen LogP contribution in [0.5, 0.6) is 0 Å². The standard InChI is InChI=1S/C11H13ClN2O3/c1-14(2)11(16)13-7-4-5-9(12)8(6-7)10(15)17-3/h4-6H,1-3H3,(H,13,16).